The van der Waals surface area contributed by atoms with Crippen molar-refractivity contribution in [2.24, 2.45) is 5.92 Å². The summed E-state index contributed by atoms with van der Waals surface area (Å²) in [5.74, 6) is -0.712. The maximum Gasteiger partial charge on any atom is 0.308 e. The Morgan fingerprint density at radius 3 is 3.00 bits per heavy atom. The summed E-state index contributed by atoms with van der Waals surface area (Å²) < 4.78 is 0. The molecular weight excluding hydrogens is 220 g/mol. The van der Waals surface area contributed by atoms with E-state index < -0.39 is 5.97 Å². The predicted octanol–water partition coefficient (Wildman–Crippen LogP) is 0.568. The summed E-state index contributed by atoms with van der Waals surface area (Å²) in [6, 6.07) is 3.58. The van der Waals surface area contributed by atoms with Gasteiger partial charge in [0.05, 0.1) is 5.92 Å². The monoisotopic (exact) mass is 232 g/mol. The summed E-state index contributed by atoms with van der Waals surface area (Å²) in [7, 11) is 0. The smallest absolute Gasteiger partial charge is 0.308 e. The molecule has 1 aromatic heterocycles. The highest BCUT2D eigenvalue weighted by Gasteiger charge is 2.29. The van der Waals surface area contributed by atoms with E-state index in [9.17, 15) is 4.79 Å². The molecule has 6 nitrogen and oxygen atoms in total. The van der Waals surface area contributed by atoms with Crippen molar-refractivity contribution in [2.45, 2.75) is 13.3 Å². The first-order valence-electron chi connectivity index (χ1n) is 5.33. The van der Waals surface area contributed by atoms with Crippen LogP contribution in [0.4, 0.5) is 5.95 Å². The average molecular weight is 232 g/mol. The average Bonchev–Trinajstić information content (AvgIpc) is 2.77. The molecule has 0 spiro atoms. The van der Waals surface area contributed by atoms with Gasteiger partial charge in [-0.25, -0.2) is 9.97 Å². The van der Waals surface area contributed by atoms with Gasteiger partial charge < -0.3 is 10.0 Å². The lowest BCUT2D eigenvalue weighted by atomic mass is 10.1. The standard InChI is InChI=1S/C11H12N4O2/c1-7-4-9(5-12)14-11(13-7)15-3-2-8(6-15)10(16)17/h4,8H,2-3,6H2,1H3,(H,16,17). The fourth-order valence-electron chi connectivity index (χ4n) is 1.90. The summed E-state index contributed by atoms with van der Waals surface area (Å²) in [6.45, 7) is 2.81. The fourth-order valence-corrected chi connectivity index (χ4v) is 1.90. The van der Waals surface area contributed by atoms with E-state index in [1.165, 1.54) is 0 Å². The summed E-state index contributed by atoms with van der Waals surface area (Å²) in [4.78, 5) is 21.0. The molecule has 1 fully saturated rings. The van der Waals surface area contributed by atoms with E-state index in [0.29, 0.717) is 36.8 Å². The number of aromatic nitrogens is 2. The van der Waals surface area contributed by atoms with Crippen molar-refractivity contribution < 1.29 is 9.90 Å². The van der Waals surface area contributed by atoms with Crippen LogP contribution in [-0.2, 0) is 4.79 Å². The molecule has 1 atom stereocenters. The van der Waals surface area contributed by atoms with Crippen molar-refractivity contribution in [2.75, 3.05) is 18.0 Å². The Morgan fingerprint density at radius 2 is 2.41 bits per heavy atom. The van der Waals surface area contributed by atoms with Crippen LogP contribution in [-0.4, -0.2) is 34.1 Å². The van der Waals surface area contributed by atoms with E-state index in [2.05, 4.69) is 9.97 Å². The molecular formula is C11H12N4O2. The van der Waals surface area contributed by atoms with Crippen molar-refractivity contribution in [3.8, 4) is 6.07 Å². The number of aliphatic carboxylic acids is 1. The van der Waals surface area contributed by atoms with Crippen molar-refractivity contribution in [1.29, 1.82) is 5.26 Å². The second-order valence-electron chi connectivity index (χ2n) is 4.08. The predicted molar refractivity (Wildman–Crippen MR) is 59.4 cm³/mol. The summed E-state index contributed by atoms with van der Waals surface area (Å²) in [5, 5.41) is 17.7. The summed E-state index contributed by atoms with van der Waals surface area (Å²) >= 11 is 0. The Labute approximate surface area is 98.5 Å². The second-order valence-corrected chi connectivity index (χ2v) is 4.08. The Morgan fingerprint density at radius 1 is 1.65 bits per heavy atom. The molecule has 2 rings (SSSR count). The highest BCUT2D eigenvalue weighted by molar-refractivity contribution is 5.71. The number of carboxylic acid groups (broad SMARTS) is 1. The normalized spacial score (nSPS) is 19.1. The SMILES string of the molecule is Cc1cc(C#N)nc(N2CCC(C(=O)O)C2)n1. The molecule has 1 aliphatic heterocycles. The van der Waals surface area contributed by atoms with Gasteiger partial charge in [0.25, 0.3) is 0 Å². The Hall–Kier alpha value is -2.16. The quantitative estimate of drug-likeness (QED) is 0.801. The van der Waals surface area contributed by atoms with Crippen molar-refractivity contribution >= 4 is 11.9 Å². The Balaban J connectivity index is 2.22. The van der Waals surface area contributed by atoms with Crippen molar-refractivity contribution in [3.63, 3.8) is 0 Å². The summed E-state index contributed by atoms with van der Waals surface area (Å²) in [6.07, 6.45) is 0.592. The molecule has 1 aromatic rings. The van der Waals surface area contributed by atoms with Crippen molar-refractivity contribution in [1.82, 2.24) is 9.97 Å². The number of hydrogen-bond acceptors (Lipinski definition) is 5. The maximum absolute atomic E-state index is 10.8. The van der Waals surface area contributed by atoms with E-state index in [-0.39, 0.29) is 5.92 Å². The van der Waals surface area contributed by atoms with E-state index in [1.54, 1.807) is 13.0 Å². The molecule has 0 bridgehead atoms. The van der Waals surface area contributed by atoms with E-state index in [0.717, 1.165) is 0 Å². The minimum atomic E-state index is -0.791. The first kappa shape index (κ1) is 11.3. The van der Waals surface area contributed by atoms with Crippen LogP contribution in [0.5, 0.6) is 0 Å². The van der Waals surface area contributed by atoms with Gasteiger partial charge in [0.2, 0.25) is 5.95 Å². The van der Waals surface area contributed by atoms with Gasteiger partial charge in [-0.05, 0) is 19.4 Å². The highest BCUT2D eigenvalue weighted by atomic mass is 16.4. The van der Waals surface area contributed by atoms with Crippen LogP contribution in [0.1, 0.15) is 17.8 Å². The zero-order chi connectivity index (χ0) is 12.4. The zero-order valence-electron chi connectivity index (χ0n) is 9.42. The van der Waals surface area contributed by atoms with Gasteiger partial charge in [-0.3, -0.25) is 4.79 Å². The molecule has 2 heterocycles. The molecule has 6 heteroatoms. The lowest BCUT2D eigenvalue weighted by Crippen LogP contribution is -2.24. The molecule has 0 amide bonds. The van der Waals surface area contributed by atoms with Crippen LogP contribution in [0.15, 0.2) is 6.07 Å². The first-order valence-corrected chi connectivity index (χ1v) is 5.33. The first-order chi connectivity index (χ1) is 8.10. The molecule has 0 aliphatic carbocycles. The van der Waals surface area contributed by atoms with Crippen LogP contribution in [0.3, 0.4) is 0 Å². The second kappa shape index (κ2) is 4.37. The number of anilines is 1. The van der Waals surface area contributed by atoms with Gasteiger partial charge in [-0.1, -0.05) is 0 Å². The number of hydrogen-bond donors (Lipinski definition) is 1. The number of nitrogens with zero attached hydrogens (tertiary/aromatic N) is 4. The molecule has 1 N–H and O–H groups in total. The molecule has 0 radical (unpaired) electrons. The van der Waals surface area contributed by atoms with Crippen molar-refractivity contribution in [3.05, 3.63) is 17.5 Å². The van der Waals surface area contributed by atoms with Crippen LogP contribution in [0.25, 0.3) is 0 Å². The maximum atomic E-state index is 10.8. The van der Waals surface area contributed by atoms with Crippen LogP contribution in [0, 0.1) is 24.2 Å². The lowest BCUT2D eigenvalue weighted by molar-refractivity contribution is -0.140. The van der Waals surface area contributed by atoms with Gasteiger partial charge in [-0.15, -0.1) is 0 Å². The van der Waals surface area contributed by atoms with Gasteiger partial charge >= 0.3 is 5.97 Å². The number of nitriles is 1. The van der Waals surface area contributed by atoms with Gasteiger partial charge in [0.15, 0.2) is 0 Å². The van der Waals surface area contributed by atoms with E-state index in [4.69, 9.17) is 10.4 Å². The highest BCUT2D eigenvalue weighted by Crippen LogP contribution is 2.21. The molecule has 1 saturated heterocycles. The van der Waals surface area contributed by atoms with Gasteiger partial charge in [-0.2, -0.15) is 5.26 Å². The molecule has 88 valence electrons. The minimum Gasteiger partial charge on any atom is -0.481 e. The third-order valence-corrected chi connectivity index (χ3v) is 2.78. The van der Waals surface area contributed by atoms with Crippen LogP contribution < -0.4 is 4.90 Å². The third kappa shape index (κ3) is 2.33. The van der Waals surface area contributed by atoms with E-state index in [1.807, 2.05) is 11.0 Å². The number of carboxylic acids is 1. The van der Waals surface area contributed by atoms with Crippen LogP contribution in [0.2, 0.25) is 0 Å². The van der Waals surface area contributed by atoms with E-state index >= 15 is 0 Å². The molecule has 1 aliphatic rings. The van der Waals surface area contributed by atoms with Gasteiger partial charge in [0.1, 0.15) is 11.8 Å². The third-order valence-electron chi connectivity index (χ3n) is 2.78. The fraction of sp³-hybridized carbons (Fsp3) is 0.455. The molecule has 0 aromatic carbocycles. The minimum absolute atomic E-state index is 0.311. The molecule has 0 saturated carbocycles. The number of rotatable bonds is 2. The zero-order valence-corrected chi connectivity index (χ0v) is 9.42. The molecule has 1 unspecified atom stereocenters. The van der Waals surface area contributed by atoms with Gasteiger partial charge in [0, 0.05) is 18.8 Å². The number of aryl methyl sites for hydroxylation is 1. The number of carbonyl (C=O) groups is 1. The largest absolute Gasteiger partial charge is 0.481 e. The van der Waals surface area contributed by atoms with Crippen LogP contribution >= 0.6 is 0 Å². The molecule has 17 heavy (non-hydrogen) atoms. The lowest BCUT2D eigenvalue weighted by Gasteiger charge is -2.15. The Kier molecular flexibility index (Phi) is 2.91. The topological polar surface area (TPSA) is 90.1 Å². The Bertz CT molecular complexity index is 495. The summed E-state index contributed by atoms with van der Waals surface area (Å²) in [5.41, 5.74) is 1.02.